The molecule has 136 valence electrons. The van der Waals surface area contributed by atoms with Crippen molar-refractivity contribution in [2.45, 2.75) is 25.4 Å². The number of rotatable bonds is 4. The monoisotopic (exact) mass is 354 g/mol. The van der Waals surface area contributed by atoms with Crippen LogP contribution in [0.4, 0.5) is 5.69 Å². The van der Waals surface area contributed by atoms with Crippen LogP contribution in [0.25, 0.3) is 0 Å². The Morgan fingerprint density at radius 1 is 1.19 bits per heavy atom. The number of nitrogens with one attached hydrogen (secondary N) is 2. The molecule has 1 unspecified atom stereocenters. The highest BCUT2D eigenvalue weighted by Gasteiger charge is 2.37. The zero-order valence-electron chi connectivity index (χ0n) is 14.8. The summed E-state index contributed by atoms with van der Waals surface area (Å²) >= 11 is 0. The molecule has 3 rings (SSSR count). The number of fused-ring (bicyclic) bond motifs is 1. The Hall–Kier alpha value is -2.86. The molecule has 0 radical (unpaired) electrons. The maximum Gasteiger partial charge on any atom is 0.313 e. The molecule has 2 aromatic carbocycles. The molecule has 26 heavy (non-hydrogen) atoms. The van der Waals surface area contributed by atoms with E-state index in [0.717, 1.165) is 23.1 Å². The lowest BCUT2D eigenvalue weighted by Crippen LogP contribution is -2.43. The van der Waals surface area contributed by atoms with E-state index in [1.54, 1.807) is 12.1 Å². The molecule has 0 fully saturated rings. The molecule has 0 aliphatic heterocycles. The number of ether oxygens (including phenoxy) is 1. The summed E-state index contributed by atoms with van der Waals surface area (Å²) in [5, 5.41) is 15.9. The lowest BCUT2D eigenvalue weighted by Gasteiger charge is -2.24. The third-order valence-electron chi connectivity index (χ3n) is 4.68. The third-order valence-corrected chi connectivity index (χ3v) is 4.68. The molecule has 0 spiro atoms. The van der Waals surface area contributed by atoms with Gasteiger partial charge in [-0.2, -0.15) is 0 Å². The van der Waals surface area contributed by atoms with Crippen molar-refractivity contribution < 1.29 is 19.4 Å². The van der Waals surface area contributed by atoms with Crippen LogP contribution in [0.5, 0.6) is 5.75 Å². The second-order valence-electron chi connectivity index (χ2n) is 6.53. The summed E-state index contributed by atoms with van der Waals surface area (Å²) in [6.07, 6.45) is 1.26. The van der Waals surface area contributed by atoms with Crippen molar-refractivity contribution in [3.63, 3.8) is 0 Å². The quantitative estimate of drug-likeness (QED) is 0.732. The second kappa shape index (κ2) is 7.17. The number of aliphatic hydroxyl groups is 1. The summed E-state index contributed by atoms with van der Waals surface area (Å²) in [4.78, 5) is 24.4. The van der Waals surface area contributed by atoms with Gasteiger partial charge in [-0.15, -0.1) is 0 Å². The minimum Gasteiger partial charge on any atom is -0.495 e. The maximum absolute atomic E-state index is 12.2. The second-order valence-corrected chi connectivity index (χ2v) is 6.53. The molecule has 2 amide bonds. The van der Waals surface area contributed by atoms with Crippen LogP contribution in [0.2, 0.25) is 0 Å². The predicted molar refractivity (Wildman–Crippen MR) is 98.0 cm³/mol. The van der Waals surface area contributed by atoms with E-state index in [2.05, 4.69) is 10.6 Å². The van der Waals surface area contributed by atoms with Gasteiger partial charge < -0.3 is 20.5 Å². The fourth-order valence-electron chi connectivity index (χ4n) is 3.26. The van der Waals surface area contributed by atoms with Crippen molar-refractivity contribution in [1.29, 1.82) is 0 Å². The van der Waals surface area contributed by atoms with Crippen LogP contribution in [-0.2, 0) is 21.6 Å². The van der Waals surface area contributed by atoms with Gasteiger partial charge in [-0.25, -0.2) is 0 Å². The molecule has 0 saturated carbocycles. The van der Waals surface area contributed by atoms with Crippen LogP contribution in [0.15, 0.2) is 42.5 Å². The molecule has 6 heteroatoms. The molecule has 0 saturated heterocycles. The third kappa shape index (κ3) is 3.55. The number of carbonyl (C=O) groups excluding carboxylic acids is 2. The van der Waals surface area contributed by atoms with Gasteiger partial charge in [0.2, 0.25) is 0 Å². The zero-order valence-corrected chi connectivity index (χ0v) is 14.8. The predicted octanol–water partition coefficient (Wildman–Crippen LogP) is 1.89. The van der Waals surface area contributed by atoms with E-state index in [1.807, 2.05) is 37.3 Å². The van der Waals surface area contributed by atoms with E-state index in [9.17, 15) is 14.7 Å². The number of hydrogen-bond donors (Lipinski definition) is 3. The molecule has 0 bridgehead atoms. The van der Waals surface area contributed by atoms with Gasteiger partial charge in [0.25, 0.3) is 0 Å². The van der Waals surface area contributed by atoms with Crippen molar-refractivity contribution in [3.8, 4) is 5.75 Å². The summed E-state index contributed by atoms with van der Waals surface area (Å²) in [5.41, 5.74) is 2.09. The van der Waals surface area contributed by atoms with E-state index in [1.165, 1.54) is 7.11 Å². The Bertz CT molecular complexity index is 849. The molecular formula is C20H22N2O4. The lowest BCUT2D eigenvalue weighted by atomic mass is 9.96. The van der Waals surface area contributed by atoms with Gasteiger partial charge >= 0.3 is 11.8 Å². The molecule has 1 aliphatic carbocycles. The van der Waals surface area contributed by atoms with Gasteiger partial charge in [-0.1, -0.05) is 30.3 Å². The Morgan fingerprint density at radius 2 is 1.96 bits per heavy atom. The number of amides is 2. The number of anilines is 1. The smallest absolute Gasteiger partial charge is 0.313 e. The minimum atomic E-state index is -1.15. The van der Waals surface area contributed by atoms with Crippen molar-refractivity contribution in [2.75, 3.05) is 19.0 Å². The van der Waals surface area contributed by atoms with Crippen molar-refractivity contribution >= 4 is 17.5 Å². The van der Waals surface area contributed by atoms with Gasteiger partial charge in [-0.3, -0.25) is 9.59 Å². The zero-order chi connectivity index (χ0) is 18.7. The fraction of sp³-hybridized carbons (Fsp3) is 0.300. The van der Waals surface area contributed by atoms with Crippen LogP contribution in [0, 0.1) is 6.92 Å². The van der Waals surface area contributed by atoms with Gasteiger partial charge in [0.05, 0.1) is 19.3 Å². The van der Waals surface area contributed by atoms with Crippen LogP contribution in [0.3, 0.4) is 0 Å². The number of aryl methyl sites for hydroxylation is 2. The molecule has 6 nitrogen and oxygen atoms in total. The largest absolute Gasteiger partial charge is 0.495 e. The molecule has 3 N–H and O–H groups in total. The average molecular weight is 354 g/mol. The molecule has 0 aromatic heterocycles. The SMILES string of the molecule is COc1ccc(C)cc1NC(=O)C(=O)NCC1(O)CCc2ccccc21. The highest BCUT2D eigenvalue weighted by Crippen LogP contribution is 2.36. The first-order valence-electron chi connectivity index (χ1n) is 8.47. The summed E-state index contributed by atoms with van der Waals surface area (Å²) in [5.74, 6) is -1.13. The molecule has 1 atom stereocenters. The number of benzene rings is 2. The van der Waals surface area contributed by atoms with E-state index in [4.69, 9.17) is 4.74 Å². The Kier molecular flexibility index (Phi) is 4.95. The Labute approximate surface area is 152 Å². The normalized spacial score (nSPS) is 18.1. The molecular weight excluding hydrogens is 332 g/mol. The summed E-state index contributed by atoms with van der Waals surface area (Å²) in [7, 11) is 1.49. The van der Waals surface area contributed by atoms with Gasteiger partial charge in [-0.05, 0) is 48.6 Å². The van der Waals surface area contributed by atoms with Crippen molar-refractivity contribution in [2.24, 2.45) is 0 Å². The standard InChI is InChI=1S/C20H22N2O4/c1-13-7-8-17(26-2)16(11-13)22-19(24)18(23)21-12-20(25)10-9-14-5-3-4-6-15(14)20/h3-8,11,25H,9-10,12H2,1-2H3,(H,21,23)(H,22,24). The van der Waals surface area contributed by atoms with E-state index in [-0.39, 0.29) is 6.54 Å². The number of carbonyl (C=O) groups is 2. The van der Waals surface area contributed by atoms with Crippen LogP contribution < -0.4 is 15.4 Å². The van der Waals surface area contributed by atoms with E-state index >= 15 is 0 Å². The minimum absolute atomic E-state index is 0.0127. The van der Waals surface area contributed by atoms with E-state index in [0.29, 0.717) is 17.9 Å². The van der Waals surface area contributed by atoms with Crippen LogP contribution in [0.1, 0.15) is 23.1 Å². The van der Waals surface area contributed by atoms with Gasteiger partial charge in [0, 0.05) is 0 Å². The first kappa shape index (κ1) is 17.9. The maximum atomic E-state index is 12.2. The first-order valence-corrected chi connectivity index (χ1v) is 8.47. The van der Waals surface area contributed by atoms with Crippen LogP contribution >= 0.6 is 0 Å². The number of methoxy groups -OCH3 is 1. The summed E-state index contributed by atoms with van der Waals surface area (Å²) in [6, 6.07) is 12.9. The van der Waals surface area contributed by atoms with Gasteiger partial charge in [0.15, 0.2) is 0 Å². The first-order chi connectivity index (χ1) is 12.4. The summed E-state index contributed by atoms with van der Waals surface area (Å²) in [6.45, 7) is 1.86. The van der Waals surface area contributed by atoms with Crippen molar-refractivity contribution in [1.82, 2.24) is 5.32 Å². The average Bonchev–Trinajstić information content (AvgIpc) is 2.98. The summed E-state index contributed by atoms with van der Waals surface area (Å²) < 4.78 is 5.19. The molecule has 0 heterocycles. The lowest BCUT2D eigenvalue weighted by molar-refractivity contribution is -0.136. The topological polar surface area (TPSA) is 87.7 Å². The highest BCUT2D eigenvalue weighted by atomic mass is 16.5. The molecule has 1 aliphatic rings. The highest BCUT2D eigenvalue weighted by molar-refractivity contribution is 6.39. The Morgan fingerprint density at radius 3 is 2.73 bits per heavy atom. The number of hydrogen-bond acceptors (Lipinski definition) is 4. The van der Waals surface area contributed by atoms with E-state index < -0.39 is 17.4 Å². The van der Waals surface area contributed by atoms with Crippen LogP contribution in [-0.4, -0.2) is 30.6 Å². The van der Waals surface area contributed by atoms with Crippen molar-refractivity contribution in [3.05, 3.63) is 59.2 Å². The fourth-order valence-corrected chi connectivity index (χ4v) is 3.26. The van der Waals surface area contributed by atoms with Gasteiger partial charge in [0.1, 0.15) is 11.4 Å². The molecule has 2 aromatic rings. The Balaban J connectivity index is 1.64.